The SMILES string of the molecule is CC.CC(C)N1CCN(CC2C3CC2CN(C)C3)CC1. The molecule has 3 nitrogen and oxygen atoms in total. The van der Waals surface area contributed by atoms with Crippen LogP contribution in [0, 0.1) is 17.8 Å². The van der Waals surface area contributed by atoms with Crippen LogP contribution in [0.15, 0.2) is 0 Å². The monoisotopic (exact) mass is 281 g/mol. The lowest BCUT2D eigenvalue weighted by molar-refractivity contribution is -0.0545. The number of rotatable bonds is 3. The fourth-order valence-corrected chi connectivity index (χ4v) is 4.28. The van der Waals surface area contributed by atoms with E-state index in [2.05, 4.69) is 35.6 Å². The second-order valence-corrected chi connectivity index (χ2v) is 7.07. The molecule has 0 spiro atoms. The molecule has 0 amide bonds. The first-order valence-corrected chi connectivity index (χ1v) is 8.78. The van der Waals surface area contributed by atoms with Gasteiger partial charge in [-0.15, -0.1) is 0 Å². The van der Waals surface area contributed by atoms with Gasteiger partial charge >= 0.3 is 0 Å². The number of hydrogen-bond acceptors (Lipinski definition) is 3. The van der Waals surface area contributed by atoms with Crippen molar-refractivity contribution in [2.24, 2.45) is 17.8 Å². The van der Waals surface area contributed by atoms with Crippen molar-refractivity contribution < 1.29 is 0 Å². The molecule has 3 rings (SSSR count). The van der Waals surface area contributed by atoms with Crippen LogP contribution in [0.1, 0.15) is 34.1 Å². The van der Waals surface area contributed by atoms with Crippen LogP contribution in [0.5, 0.6) is 0 Å². The summed E-state index contributed by atoms with van der Waals surface area (Å²) in [4.78, 5) is 7.88. The van der Waals surface area contributed by atoms with Crippen LogP contribution < -0.4 is 0 Å². The standard InChI is InChI=1S/C15H29N3.C2H6/c1-12(2)18-6-4-17(5-7-18)11-15-13-8-14(15)10-16(3)9-13;1-2/h12-15H,4-11H2,1-3H3;1-2H3. The zero-order valence-electron chi connectivity index (χ0n) is 14.3. The Morgan fingerprint density at radius 2 is 1.50 bits per heavy atom. The van der Waals surface area contributed by atoms with Crippen LogP contribution in [0.2, 0.25) is 0 Å². The molecule has 2 aliphatic heterocycles. The Bertz CT molecular complexity index is 272. The zero-order chi connectivity index (χ0) is 14.7. The molecule has 0 aromatic heterocycles. The summed E-state index contributed by atoms with van der Waals surface area (Å²) >= 11 is 0. The van der Waals surface area contributed by atoms with Crippen molar-refractivity contribution in [1.82, 2.24) is 14.7 Å². The summed E-state index contributed by atoms with van der Waals surface area (Å²) in [5.74, 6) is 3.04. The summed E-state index contributed by atoms with van der Waals surface area (Å²) in [6.07, 6.45) is 1.51. The smallest absolute Gasteiger partial charge is 0.0113 e. The van der Waals surface area contributed by atoms with Crippen LogP contribution in [0.25, 0.3) is 0 Å². The van der Waals surface area contributed by atoms with Gasteiger partial charge in [-0.1, -0.05) is 13.8 Å². The van der Waals surface area contributed by atoms with E-state index in [4.69, 9.17) is 0 Å². The third-order valence-corrected chi connectivity index (χ3v) is 5.52. The highest BCUT2D eigenvalue weighted by Gasteiger charge is 2.45. The summed E-state index contributed by atoms with van der Waals surface area (Å²) in [5.41, 5.74) is 0. The molecular weight excluding hydrogens is 246 g/mol. The van der Waals surface area contributed by atoms with E-state index in [0.29, 0.717) is 0 Å². The van der Waals surface area contributed by atoms with E-state index in [-0.39, 0.29) is 0 Å². The fourth-order valence-electron chi connectivity index (χ4n) is 4.28. The van der Waals surface area contributed by atoms with Gasteiger partial charge in [0, 0.05) is 51.9 Å². The molecule has 0 aromatic rings. The zero-order valence-corrected chi connectivity index (χ0v) is 14.3. The number of piperidine rings is 2. The number of likely N-dealkylation sites (tertiary alicyclic amines) is 1. The van der Waals surface area contributed by atoms with E-state index < -0.39 is 0 Å². The van der Waals surface area contributed by atoms with Crippen LogP contribution >= 0.6 is 0 Å². The topological polar surface area (TPSA) is 9.72 Å². The summed E-state index contributed by atoms with van der Waals surface area (Å²) < 4.78 is 0. The Morgan fingerprint density at radius 3 is 2.00 bits per heavy atom. The van der Waals surface area contributed by atoms with Crippen LogP contribution in [0.4, 0.5) is 0 Å². The van der Waals surface area contributed by atoms with Gasteiger partial charge in [0.1, 0.15) is 0 Å². The fraction of sp³-hybridized carbons (Fsp3) is 1.00. The van der Waals surface area contributed by atoms with Crippen molar-refractivity contribution in [3.63, 3.8) is 0 Å². The van der Waals surface area contributed by atoms with Crippen molar-refractivity contribution in [3.05, 3.63) is 0 Å². The number of piperazine rings is 1. The molecule has 3 aliphatic rings. The van der Waals surface area contributed by atoms with Crippen LogP contribution in [-0.4, -0.2) is 73.6 Å². The predicted molar refractivity (Wildman–Crippen MR) is 87.1 cm³/mol. The second kappa shape index (κ2) is 7.24. The maximum absolute atomic E-state index is 2.73. The molecule has 118 valence electrons. The maximum atomic E-state index is 2.73. The molecule has 2 heterocycles. The minimum atomic E-state index is 0.726. The molecule has 3 heteroatoms. The molecule has 2 bridgehead atoms. The Labute approximate surface area is 126 Å². The quantitative estimate of drug-likeness (QED) is 0.785. The van der Waals surface area contributed by atoms with Crippen LogP contribution in [0.3, 0.4) is 0 Å². The summed E-state index contributed by atoms with van der Waals surface area (Å²) in [5, 5.41) is 0. The summed E-state index contributed by atoms with van der Waals surface area (Å²) in [6, 6.07) is 0.726. The van der Waals surface area contributed by atoms with Crippen molar-refractivity contribution in [1.29, 1.82) is 0 Å². The minimum absolute atomic E-state index is 0.726. The van der Waals surface area contributed by atoms with Gasteiger partial charge in [-0.25, -0.2) is 0 Å². The average molecular weight is 281 g/mol. The molecular formula is C17H35N3. The van der Waals surface area contributed by atoms with E-state index in [0.717, 1.165) is 23.8 Å². The van der Waals surface area contributed by atoms with E-state index >= 15 is 0 Å². The Hall–Kier alpha value is -0.120. The first-order valence-electron chi connectivity index (χ1n) is 8.78. The Balaban J connectivity index is 0.000000704. The second-order valence-electron chi connectivity index (χ2n) is 7.07. The summed E-state index contributed by atoms with van der Waals surface area (Å²) in [7, 11) is 2.29. The number of hydrogen-bond donors (Lipinski definition) is 0. The highest BCUT2D eigenvalue weighted by atomic mass is 15.3. The number of fused-ring (bicyclic) bond motifs is 2. The van der Waals surface area contributed by atoms with Gasteiger partial charge in [0.2, 0.25) is 0 Å². The van der Waals surface area contributed by atoms with E-state index in [1.54, 1.807) is 0 Å². The number of nitrogens with zero attached hydrogens (tertiary/aromatic N) is 3. The van der Waals surface area contributed by atoms with E-state index in [9.17, 15) is 0 Å². The largest absolute Gasteiger partial charge is 0.306 e. The van der Waals surface area contributed by atoms with Crippen molar-refractivity contribution in [2.45, 2.75) is 40.2 Å². The third-order valence-electron chi connectivity index (χ3n) is 5.52. The van der Waals surface area contributed by atoms with Gasteiger partial charge in [0.25, 0.3) is 0 Å². The van der Waals surface area contributed by atoms with Crippen molar-refractivity contribution >= 4 is 0 Å². The molecule has 1 aliphatic carbocycles. The van der Waals surface area contributed by atoms with Gasteiger partial charge in [0.15, 0.2) is 0 Å². The Morgan fingerprint density at radius 1 is 0.950 bits per heavy atom. The molecule has 2 saturated heterocycles. The normalized spacial score (nSPS) is 35.4. The molecule has 1 saturated carbocycles. The van der Waals surface area contributed by atoms with E-state index in [1.165, 1.54) is 52.2 Å². The molecule has 2 unspecified atom stereocenters. The van der Waals surface area contributed by atoms with Crippen molar-refractivity contribution in [2.75, 3.05) is 52.9 Å². The van der Waals surface area contributed by atoms with E-state index in [1.807, 2.05) is 13.8 Å². The highest BCUT2D eigenvalue weighted by Crippen LogP contribution is 2.45. The third kappa shape index (κ3) is 3.55. The lowest BCUT2D eigenvalue weighted by atomic mass is 9.61. The maximum Gasteiger partial charge on any atom is 0.0113 e. The molecule has 0 aromatic carbocycles. The van der Waals surface area contributed by atoms with Gasteiger partial charge in [-0.05, 0) is 45.1 Å². The summed E-state index contributed by atoms with van der Waals surface area (Å²) in [6.45, 7) is 17.9. The van der Waals surface area contributed by atoms with Gasteiger partial charge in [-0.2, -0.15) is 0 Å². The first-order chi connectivity index (χ1) is 9.63. The molecule has 2 atom stereocenters. The molecule has 0 radical (unpaired) electrons. The lowest BCUT2D eigenvalue weighted by Crippen LogP contribution is -2.58. The highest BCUT2D eigenvalue weighted by molar-refractivity contribution is 4.97. The van der Waals surface area contributed by atoms with Gasteiger partial charge in [0.05, 0.1) is 0 Å². The van der Waals surface area contributed by atoms with Crippen LogP contribution in [-0.2, 0) is 0 Å². The average Bonchev–Trinajstić information content (AvgIpc) is 2.47. The first kappa shape index (κ1) is 16.3. The molecule has 3 fully saturated rings. The molecule has 20 heavy (non-hydrogen) atoms. The van der Waals surface area contributed by atoms with Gasteiger partial charge in [-0.3, -0.25) is 4.90 Å². The Kier molecular flexibility index (Phi) is 5.88. The van der Waals surface area contributed by atoms with Crippen molar-refractivity contribution in [3.8, 4) is 0 Å². The predicted octanol–water partition coefficient (Wildman–Crippen LogP) is 2.24. The molecule has 0 N–H and O–H groups in total. The van der Waals surface area contributed by atoms with Gasteiger partial charge < -0.3 is 9.80 Å². The lowest BCUT2D eigenvalue weighted by Gasteiger charge is -2.54. The minimum Gasteiger partial charge on any atom is -0.306 e.